The molecule has 21 heavy (non-hydrogen) atoms. The van der Waals surface area contributed by atoms with Crippen LogP contribution in [0.4, 0.5) is 14.5 Å². The first-order chi connectivity index (χ1) is 10.0. The Morgan fingerprint density at radius 2 is 2.10 bits per heavy atom. The van der Waals surface area contributed by atoms with E-state index in [9.17, 15) is 13.6 Å². The van der Waals surface area contributed by atoms with Crippen LogP contribution < -0.4 is 10.1 Å². The maximum atomic E-state index is 13.5. The van der Waals surface area contributed by atoms with Crippen LogP contribution in [-0.2, 0) is 0 Å². The molecule has 1 N–H and O–H groups in total. The van der Waals surface area contributed by atoms with Gasteiger partial charge in [-0.05, 0) is 37.6 Å². The predicted octanol–water partition coefficient (Wildman–Crippen LogP) is 3.32. The zero-order valence-corrected chi connectivity index (χ0v) is 11.6. The molecule has 0 radical (unpaired) electrons. The lowest BCUT2D eigenvalue weighted by atomic mass is 10.2. The number of anilines is 1. The minimum Gasteiger partial charge on any atom is -0.492 e. The highest BCUT2D eigenvalue weighted by molar-refractivity contribution is 6.05. The van der Waals surface area contributed by atoms with Gasteiger partial charge in [0.05, 0.1) is 17.9 Å². The molecule has 0 saturated heterocycles. The lowest BCUT2D eigenvalue weighted by Crippen LogP contribution is -2.16. The fourth-order valence-corrected chi connectivity index (χ4v) is 1.79. The number of carbonyl (C=O) groups is 1. The molecule has 0 aliphatic heterocycles. The summed E-state index contributed by atoms with van der Waals surface area (Å²) in [6, 6.07) is 6.29. The highest BCUT2D eigenvalue weighted by atomic mass is 19.2. The molecule has 6 heteroatoms. The molecule has 0 atom stereocenters. The SMILES string of the molecule is CCOc1cc(C)ccc1NC(=O)c1ccnc(F)c1F. The number of aryl methyl sites for hydroxylation is 1. The van der Waals surface area contributed by atoms with Gasteiger partial charge in [-0.1, -0.05) is 6.07 Å². The third-order valence-corrected chi connectivity index (χ3v) is 2.78. The van der Waals surface area contributed by atoms with E-state index in [1.54, 1.807) is 18.2 Å². The molecule has 0 unspecified atom stereocenters. The first kappa shape index (κ1) is 14.9. The predicted molar refractivity (Wildman–Crippen MR) is 74.5 cm³/mol. The minimum atomic E-state index is -1.31. The van der Waals surface area contributed by atoms with Gasteiger partial charge in [0.1, 0.15) is 5.75 Å². The van der Waals surface area contributed by atoms with Crippen molar-refractivity contribution in [1.82, 2.24) is 4.98 Å². The Kier molecular flexibility index (Phi) is 4.47. The number of hydrogen-bond donors (Lipinski definition) is 1. The third kappa shape index (κ3) is 3.34. The zero-order chi connectivity index (χ0) is 15.4. The van der Waals surface area contributed by atoms with Gasteiger partial charge in [-0.25, -0.2) is 9.37 Å². The first-order valence-electron chi connectivity index (χ1n) is 6.37. The summed E-state index contributed by atoms with van der Waals surface area (Å²) >= 11 is 0. The molecule has 0 saturated carbocycles. The number of nitrogens with one attached hydrogen (secondary N) is 1. The van der Waals surface area contributed by atoms with Crippen molar-refractivity contribution in [2.75, 3.05) is 11.9 Å². The highest BCUT2D eigenvalue weighted by Gasteiger charge is 2.17. The van der Waals surface area contributed by atoms with Crippen molar-refractivity contribution >= 4 is 11.6 Å². The lowest BCUT2D eigenvalue weighted by Gasteiger charge is -2.12. The molecular weight excluding hydrogens is 278 g/mol. The molecule has 110 valence electrons. The quantitative estimate of drug-likeness (QED) is 0.879. The number of hydrogen-bond acceptors (Lipinski definition) is 3. The molecule has 2 aromatic rings. The Hall–Kier alpha value is -2.50. The van der Waals surface area contributed by atoms with E-state index in [0.29, 0.717) is 18.0 Å². The molecule has 2 rings (SSSR count). The van der Waals surface area contributed by atoms with E-state index in [-0.39, 0.29) is 0 Å². The molecule has 0 fully saturated rings. The second kappa shape index (κ2) is 6.30. The molecule has 0 aliphatic rings. The van der Waals surface area contributed by atoms with E-state index in [1.807, 2.05) is 13.8 Å². The standard InChI is InChI=1S/C15H14F2N2O2/c1-3-21-12-8-9(2)4-5-11(12)19-15(20)10-6-7-18-14(17)13(10)16/h4-8H,3H2,1-2H3,(H,19,20). The van der Waals surface area contributed by atoms with Crippen LogP contribution in [0, 0.1) is 18.7 Å². The van der Waals surface area contributed by atoms with Crippen molar-refractivity contribution in [3.05, 3.63) is 53.4 Å². The molecule has 1 heterocycles. The van der Waals surface area contributed by atoms with E-state index in [4.69, 9.17) is 4.74 Å². The summed E-state index contributed by atoms with van der Waals surface area (Å²) in [5.41, 5.74) is 0.937. The van der Waals surface area contributed by atoms with Gasteiger partial charge in [0.2, 0.25) is 5.95 Å². The number of nitrogens with zero attached hydrogens (tertiary/aromatic N) is 1. The molecular formula is C15H14F2N2O2. The van der Waals surface area contributed by atoms with E-state index in [2.05, 4.69) is 10.3 Å². The summed E-state index contributed by atoms with van der Waals surface area (Å²) in [4.78, 5) is 15.2. The first-order valence-corrected chi connectivity index (χ1v) is 6.37. The van der Waals surface area contributed by atoms with Crippen molar-refractivity contribution in [2.45, 2.75) is 13.8 Å². The van der Waals surface area contributed by atoms with E-state index in [1.165, 1.54) is 0 Å². The molecule has 0 aliphatic carbocycles. The van der Waals surface area contributed by atoms with Gasteiger partial charge in [0, 0.05) is 6.20 Å². The van der Waals surface area contributed by atoms with Gasteiger partial charge in [0.15, 0.2) is 5.82 Å². The summed E-state index contributed by atoms with van der Waals surface area (Å²) < 4.78 is 32.0. The number of halogens is 2. The van der Waals surface area contributed by atoms with Crippen LogP contribution in [0.3, 0.4) is 0 Å². The molecule has 1 aromatic carbocycles. The smallest absolute Gasteiger partial charge is 0.258 e. The minimum absolute atomic E-state index is 0.393. The van der Waals surface area contributed by atoms with Crippen LogP contribution in [0.1, 0.15) is 22.8 Å². The van der Waals surface area contributed by atoms with Crippen LogP contribution in [0.2, 0.25) is 0 Å². The van der Waals surface area contributed by atoms with E-state index in [0.717, 1.165) is 17.8 Å². The Bertz CT molecular complexity index is 675. The number of benzene rings is 1. The van der Waals surface area contributed by atoms with Crippen molar-refractivity contribution < 1.29 is 18.3 Å². The fourth-order valence-electron chi connectivity index (χ4n) is 1.79. The third-order valence-electron chi connectivity index (χ3n) is 2.78. The monoisotopic (exact) mass is 292 g/mol. The second-order valence-electron chi connectivity index (χ2n) is 4.35. The van der Waals surface area contributed by atoms with Crippen LogP contribution in [-0.4, -0.2) is 17.5 Å². The van der Waals surface area contributed by atoms with Crippen LogP contribution >= 0.6 is 0 Å². The Morgan fingerprint density at radius 3 is 2.81 bits per heavy atom. The molecule has 0 spiro atoms. The van der Waals surface area contributed by atoms with Gasteiger partial charge in [-0.15, -0.1) is 0 Å². The summed E-state index contributed by atoms with van der Waals surface area (Å²) in [5, 5.41) is 2.51. The van der Waals surface area contributed by atoms with Crippen LogP contribution in [0.5, 0.6) is 5.75 Å². The van der Waals surface area contributed by atoms with Crippen molar-refractivity contribution in [3.63, 3.8) is 0 Å². The van der Waals surface area contributed by atoms with E-state index < -0.39 is 23.2 Å². The molecule has 0 bridgehead atoms. The van der Waals surface area contributed by atoms with Gasteiger partial charge >= 0.3 is 0 Å². The Labute approximate surface area is 120 Å². The average Bonchev–Trinajstić information content (AvgIpc) is 2.45. The Balaban J connectivity index is 2.29. The van der Waals surface area contributed by atoms with Gasteiger partial charge < -0.3 is 10.1 Å². The maximum Gasteiger partial charge on any atom is 0.258 e. The van der Waals surface area contributed by atoms with Gasteiger partial charge in [0.25, 0.3) is 5.91 Å². The Morgan fingerprint density at radius 1 is 1.33 bits per heavy atom. The van der Waals surface area contributed by atoms with Crippen molar-refractivity contribution in [3.8, 4) is 5.75 Å². The lowest BCUT2D eigenvalue weighted by molar-refractivity contribution is 0.102. The largest absolute Gasteiger partial charge is 0.492 e. The maximum absolute atomic E-state index is 13.5. The number of rotatable bonds is 4. The number of pyridine rings is 1. The molecule has 4 nitrogen and oxygen atoms in total. The van der Waals surface area contributed by atoms with Gasteiger partial charge in [-0.2, -0.15) is 4.39 Å². The average molecular weight is 292 g/mol. The number of amides is 1. The molecule has 1 amide bonds. The van der Waals surface area contributed by atoms with E-state index >= 15 is 0 Å². The number of carbonyl (C=O) groups excluding carboxylic acids is 1. The zero-order valence-electron chi connectivity index (χ0n) is 11.6. The second-order valence-corrected chi connectivity index (χ2v) is 4.35. The van der Waals surface area contributed by atoms with Crippen LogP contribution in [0.25, 0.3) is 0 Å². The topological polar surface area (TPSA) is 51.2 Å². The van der Waals surface area contributed by atoms with Gasteiger partial charge in [-0.3, -0.25) is 4.79 Å². The summed E-state index contributed by atoms with van der Waals surface area (Å²) in [6.45, 7) is 4.11. The fraction of sp³-hybridized carbons (Fsp3) is 0.200. The van der Waals surface area contributed by atoms with Crippen molar-refractivity contribution in [1.29, 1.82) is 0 Å². The normalized spacial score (nSPS) is 10.3. The number of aromatic nitrogens is 1. The highest BCUT2D eigenvalue weighted by Crippen LogP contribution is 2.26. The number of ether oxygens (including phenoxy) is 1. The summed E-state index contributed by atoms with van der Waals surface area (Å²) in [7, 11) is 0. The van der Waals surface area contributed by atoms with Crippen molar-refractivity contribution in [2.24, 2.45) is 0 Å². The molecule has 1 aromatic heterocycles. The summed E-state index contributed by atoms with van der Waals surface area (Å²) in [5.74, 6) is -2.88. The summed E-state index contributed by atoms with van der Waals surface area (Å²) in [6.07, 6.45) is 1.03. The van der Waals surface area contributed by atoms with Crippen LogP contribution in [0.15, 0.2) is 30.5 Å².